The maximum atomic E-state index is 12.6. The van der Waals surface area contributed by atoms with Gasteiger partial charge in [-0.1, -0.05) is 15.9 Å². The molecule has 126 valence electrons. The number of piperidine rings is 1. The maximum absolute atomic E-state index is 12.6. The number of aromatic nitrogens is 1. The Labute approximate surface area is 150 Å². The molecule has 3 rings (SSSR count). The molecule has 1 aliphatic rings. The Morgan fingerprint density at radius 1 is 1.29 bits per heavy atom. The first-order chi connectivity index (χ1) is 11.7. The second-order valence-electron chi connectivity index (χ2n) is 5.82. The van der Waals surface area contributed by atoms with Crippen LogP contribution in [-0.2, 0) is 0 Å². The molecule has 0 aliphatic carbocycles. The molecule has 0 unspecified atom stereocenters. The molecular weight excluding hydrogens is 370 g/mol. The number of likely N-dealkylation sites (tertiary alicyclic amines) is 1. The molecular formula is C18H20BrN3O2. The van der Waals surface area contributed by atoms with E-state index < -0.39 is 0 Å². The number of carbonyl (C=O) groups excluding carboxylic acids is 1. The van der Waals surface area contributed by atoms with E-state index in [0.717, 1.165) is 30.4 Å². The number of halogens is 1. The predicted molar refractivity (Wildman–Crippen MR) is 96.4 cm³/mol. The van der Waals surface area contributed by atoms with Crippen LogP contribution in [0.2, 0.25) is 0 Å². The van der Waals surface area contributed by atoms with Crippen LogP contribution in [0.15, 0.2) is 47.1 Å². The molecule has 1 amide bonds. The highest BCUT2D eigenvalue weighted by atomic mass is 79.9. The summed E-state index contributed by atoms with van der Waals surface area (Å²) in [4.78, 5) is 18.7. The largest absolute Gasteiger partial charge is 0.439 e. The van der Waals surface area contributed by atoms with Crippen molar-refractivity contribution >= 4 is 21.8 Å². The number of ether oxygens (including phenoxy) is 1. The van der Waals surface area contributed by atoms with Crippen molar-refractivity contribution in [1.29, 1.82) is 0 Å². The fourth-order valence-electron chi connectivity index (χ4n) is 2.77. The van der Waals surface area contributed by atoms with E-state index >= 15 is 0 Å². The van der Waals surface area contributed by atoms with Crippen molar-refractivity contribution < 1.29 is 9.53 Å². The summed E-state index contributed by atoms with van der Waals surface area (Å²) in [5.74, 6) is 1.20. The van der Waals surface area contributed by atoms with Gasteiger partial charge in [0, 0.05) is 35.9 Å². The van der Waals surface area contributed by atoms with Crippen LogP contribution in [0.4, 0.5) is 0 Å². The molecule has 2 heterocycles. The molecule has 2 aromatic rings. The summed E-state index contributed by atoms with van der Waals surface area (Å²) >= 11 is 3.39. The van der Waals surface area contributed by atoms with Gasteiger partial charge in [0.15, 0.2) is 0 Å². The smallest absolute Gasteiger partial charge is 0.255 e. The first kappa shape index (κ1) is 16.9. The molecule has 0 radical (unpaired) electrons. The van der Waals surface area contributed by atoms with Gasteiger partial charge in [-0.2, -0.15) is 0 Å². The van der Waals surface area contributed by atoms with Crippen LogP contribution in [0.25, 0.3) is 0 Å². The average molecular weight is 390 g/mol. The third-order valence-corrected chi connectivity index (χ3v) is 4.66. The number of hydrogen-bond acceptors (Lipinski definition) is 4. The van der Waals surface area contributed by atoms with Gasteiger partial charge in [0.25, 0.3) is 5.91 Å². The Morgan fingerprint density at radius 2 is 2.08 bits per heavy atom. The number of carbonyl (C=O) groups is 1. The number of amides is 1. The Morgan fingerprint density at radius 3 is 2.75 bits per heavy atom. The highest BCUT2D eigenvalue weighted by Gasteiger charge is 2.23. The zero-order valence-corrected chi connectivity index (χ0v) is 15.1. The highest BCUT2D eigenvalue weighted by molar-refractivity contribution is 9.10. The standard InChI is InChI=1S/C18H20BrN3O2/c1-20-15-3-2-10-22(12-15)18(23)13-4-9-17(21-11-13)24-16-7-5-14(19)6-8-16/h4-9,11,15,20H,2-3,10,12H2,1H3/t15-/m0/s1. The number of nitrogens with one attached hydrogen (secondary N) is 1. The third kappa shape index (κ3) is 4.13. The summed E-state index contributed by atoms with van der Waals surface area (Å²) in [6.07, 6.45) is 3.72. The first-order valence-corrected chi connectivity index (χ1v) is 8.81. The van der Waals surface area contributed by atoms with Crippen molar-refractivity contribution in [3.05, 3.63) is 52.6 Å². The van der Waals surface area contributed by atoms with Crippen molar-refractivity contribution in [3.63, 3.8) is 0 Å². The van der Waals surface area contributed by atoms with Crippen LogP contribution in [0.1, 0.15) is 23.2 Å². The summed E-state index contributed by atoms with van der Waals surface area (Å²) in [5, 5.41) is 3.25. The number of nitrogens with zero attached hydrogens (tertiary/aromatic N) is 2. The number of pyridine rings is 1. The molecule has 1 saturated heterocycles. The third-order valence-electron chi connectivity index (χ3n) is 4.14. The van der Waals surface area contributed by atoms with Crippen LogP contribution in [0.3, 0.4) is 0 Å². The second kappa shape index (κ2) is 7.77. The molecule has 1 aromatic heterocycles. The zero-order chi connectivity index (χ0) is 16.9. The molecule has 1 fully saturated rings. The lowest BCUT2D eigenvalue weighted by atomic mass is 10.1. The fourth-order valence-corrected chi connectivity index (χ4v) is 3.03. The molecule has 0 spiro atoms. The molecule has 0 bridgehead atoms. The lowest BCUT2D eigenvalue weighted by Gasteiger charge is -2.32. The van der Waals surface area contributed by atoms with Gasteiger partial charge in [0.05, 0.1) is 5.56 Å². The van der Waals surface area contributed by atoms with Gasteiger partial charge in [-0.3, -0.25) is 4.79 Å². The average Bonchev–Trinajstić information content (AvgIpc) is 2.64. The summed E-state index contributed by atoms with van der Waals surface area (Å²) < 4.78 is 6.67. The fraction of sp³-hybridized carbons (Fsp3) is 0.333. The maximum Gasteiger partial charge on any atom is 0.255 e. The Bertz CT molecular complexity index is 688. The Kier molecular flexibility index (Phi) is 5.48. The quantitative estimate of drug-likeness (QED) is 0.869. The molecule has 5 nitrogen and oxygen atoms in total. The van der Waals surface area contributed by atoms with Gasteiger partial charge in [-0.25, -0.2) is 4.98 Å². The lowest BCUT2D eigenvalue weighted by molar-refractivity contribution is 0.0697. The van der Waals surface area contributed by atoms with Gasteiger partial charge in [0.2, 0.25) is 5.88 Å². The number of benzene rings is 1. The number of hydrogen-bond donors (Lipinski definition) is 1. The van der Waals surface area contributed by atoms with E-state index in [9.17, 15) is 4.79 Å². The minimum atomic E-state index is 0.0256. The summed E-state index contributed by atoms with van der Waals surface area (Å²) in [6, 6.07) is 11.4. The van der Waals surface area contributed by atoms with Crippen molar-refractivity contribution in [2.75, 3.05) is 20.1 Å². The molecule has 1 aromatic carbocycles. The van der Waals surface area contributed by atoms with E-state index in [2.05, 4.69) is 26.2 Å². The van der Waals surface area contributed by atoms with E-state index in [4.69, 9.17) is 4.74 Å². The van der Waals surface area contributed by atoms with Crippen molar-refractivity contribution in [1.82, 2.24) is 15.2 Å². The minimum absolute atomic E-state index is 0.0256. The molecule has 1 aliphatic heterocycles. The topological polar surface area (TPSA) is 54.5 Å². The van der Waals surface area contributed by atoms with E-state index in [-0.39, 0.29) is 5.91 Å². The molecule has 6 heteroatoms. The SMILES string of the molecule is CN[C@H]1CCCN(C(=O)c2ccc(Oc3ccc(Br)cc3)nc2)C1. The van der Waals surface area contributed by atoms with Crippen LogP contribution in [-0.4, -0.2) is 42.0 Å². The second-order valence-corrected chi connectivity index (χ2v) is 6.74. The Hall–Kier alpha value is -1.92. The zero-order valence-electron chi connectivity index (χ0n) is 13.5. The van der Waals surface area contributed by atoms with Gasteiger partial charge >= 0.3 is 0 Å². The van der Waals surface area contributed by atoms with Crippen LogP contribution in [0, 0.1) is 0 Å². The predicted octanol–water partition coefficient (Wildman–Crippen LogP) is 3.46. The molecule has 1 N–H and O–H groups in total. The van der Waals surface area contributed by atoms with E-state index in [1.165, 1.54) is 0 Å². The molecule has 0 saturated carbocycles. The van der Waals surface area contributed by atoms with Crippen molar-refractivity contribution in [2.45, 2.75) is 18.9 Å². The van der Waals surface area contributed by atoms with E-state index in [0.29, 0.717) is 23.2 Å². The van der Waals surface area contributed by atoms with E-state index in [1.54, 1.807) is 18.3 Å². The number of rotatable bonds is 4. The van der Waals surface area contributed by atoms with Gasteiger partial charge in [0.1, 0.15) is 5.75 Å². The van der Waals surface area contributed by atoms with Gasteiger partial charge in [-0.15, -0.1) is 0 Å². The van der Waals surface area contributed by atoms with Crippen LogP contribution >= 0.6 is 15.9 Å². The summed E-state index contributed by atoms with van der Waals surface area (Å²) in [6.45, 7) is 1.54. The van der Waals surface area contributed by atoms with Crippen molar-refractivity contribution in [3.8, 4) is 11.6 Å². The monoisotopic (exact) mass is 389 g/mol. The summed E-state index contributed by atoms with van der Waals surface area (Å²) in [5.41, 5.74) is 0.593. The molecule has 1 atom stereocenters. The first-order valence-electron chi connectivity index (χ1n) is 8.02. The Balaban J connectivity index is 1.65. The van der Waals surface area contributed by atoms with E-state index in [1.807, 2.05) is 36.2 Å². The van der Waals surface area contributed by atoms with Gasteiger partial charge < -0.3 is 15.0 Å². The summed E-state index contributed by atoms with van der Waals surface area (Å²) in [7, 11) is 1.94. The van der Waals surface area contributed by atoms with Crippen molar-refractivity contribution in [2.24, 2.45) is 0 Å². The number of likely N-dealkylation sites (N-methyl/N-ethyl adjacent to an activating group) is 1. The normalized spacial score (nSPS) is 17.6. The van der Waals surface area contributed by atoms with Gasteiger partial charge in [-0.05, 0) is 50.2 Å². The minimum Gasteiger partial charge on any atom is -0.439 e. The van der Waals surface area contributed by atoms with Crippen LogP contribution < -0.4 is 10.1 Å². The van der Waals surface area contributed by atoms with Crippen LogP contribution in [0.5, 0.6) is 11.6 Å². The highest BCUT2D eigenvalue weighted by Crippen LogP contribution is 2.22. The molecule has 24 heavy (non-hydrogen) atoms. The lowest BCUT2D eigenvalue weighted by Crippen LogP contribution is -2.46.